The van der Waals surface area contributed by atoms with Crippen molar-refractivity contribution in [2.45, 2.75) is 40.0 Å². The number of hydrogen-bond donors (Lipinski definition) is 3. The largest absolute Gasteiger partial charge is 0.507 e. The van der Waals surface area contributed by atoms with Gasteiger partial charge in [-0.2, -0.15) is 0 Å². The van der Waals surface area contributed by atoms with Gasteiger partial charge in [0.1, 0.15) is 17.2 Å². The molecule has 1 atom stereocenters. The van der Waals surface area contributed by atoms with Crippen molar-refractivity contribution in [1.29, 1.82) is 0 Å². The highest BCUT2D eigenvalue weighted by atomic mass is 16.3. The Bertz CT molecular complexity index is 927. The minimum atomic E-state index is -0.544. The van der Waals surface area contributed by atoms with E-state index in [0.717, 1.165) is 12.8 Å². The number of fused-ring (bicyclic) bond motifs is 2. The summed E-state index contributed by atoms with van der Waals surface area (Å²) >= 11 is 0. The van der Waals surface area contributed by atoms with E-state index >= 15 is 0 Å². The van der Waals surface area contributed by atoms with E-state index in [-0.39, 0.29) is 45.1 Å². The molecule has 2 aromatic rings. The number of ketones is 2. The summed E-state index contributed by atoms with van der Waals surface area (Å²) in [5, 5.41) is 31.1. The van der Waals surface area contributed by atoms with Crippen LogP contribution in [0, 0.1) is 12.8 Å². The summed E-state index contributed by atoms with van der Waals surface area (Å²) in [6, 6.07) is 4.29. The number of phenols is 3. The van der Waals surface area contributed by atoms with Gasteiger partial charge in [0.25, 0.3) is 0 Å². The minimum absolute atomic E-state index is 0.00732. The van der Waals surface area contributed by atoms with Crippen molar-refractivity contribution in [2.24, 2.45) is 5.92 Å². The Balaban J connectivity index is 2.28. The topological polar surface area (TPSA) is 94.8 Å². The highest BCUT2D eigenvalue weighted by molar-refractivity contribution is 6.31. The van der Waals surface area contributed by atoms with Crippen LogP contribution in [0.15, 0.2) is 18.2 Å². The van der Waals surface area contributed by atoms with Gasteiger partial charge in [-0.3, -0.25) is 9.59 Å². The Morgan fingerprint density at radius 3 is 2.31 bits per heavy atom. The molecule has 136 valence electrons. The predicted molar refractivity (Wildman–Crippen MR) is 97.3 cm³/mol. The molecule has 0 fully saturated rings. The molecule has 0 saturated carbocycles. The minimum Gasteiger partial charge on any atom is -0.507 e. The molecule has 3 N–H and O–H groups in total. The second kappa shape index (κ2) is 6.48. The van der Waals surface area contributed by atoms with Crippen LogP contribution in [0.4, 0.5) is 0 Å². The van der Waals surface area contributed by atoms with Gasteiger partial charge in [-0.1, -0.05) is 32.4 Å². The molecular weight excluding hydrogens is 332 g/mol. The lowest BCUT2D eigenvalue weighted by Crippen LogP contribution is -2.23. The number of benzene rings is 2. The zero-order valence-corrected chi connectivity index (χ0v) is 15.1. The standard InChI is InChI=1S/C21H22O5/c1-4-10(2)8-9-13-16-17(19(24)11(3)18(13)23)20(25)12-6-5-7-14(22)15(12)21(16)26/h5-7,10,22-24H,4,8-9H2,1-3H3. The number of aromatic hydroxyl groups is 3. The molecule has 5 nitrogen and oxygen atoms in total. The van der Waals surface area contributed by atoms with Crippen molar-refractivity contribution in [1.82, 2.24) is 0 Å². The summed E-state index contributed by atoms with van der Waals surface area (Å²) in [4.78, 5) is 26.0. The van der Waals surface area contributed by atoms with Gasteiger partial charge in [0.15, 0.2) is 11.6 Å². The third-order valence-electron chi connectivity index (χ3n) is 5.34. The maximum Gasteiger partial charge on any atom is 0.198 e. The molecule has 2 aromatic carbocycles. The van der Waals surface area contributed by atoms with E-state index in [1.165, 1.54) is 25.1 Å². The van der Waals surface area contributed by atoms with Gasteiger partial charge in [-0.15, -0.1) is 0 Å². The first-order valence-electron chi connectivity index (χ1n) is 8.78. The molecule has 0 spiro atoms. The van der Waals surface area contributed by atoms with Crippen molar-refractivity contribution in [3.05, 3.63) is 51.6 Å². The van der Waals surface area contributed by atoms with Crippen LogP contribution in [0.25, 0.3) is 0 Å². The van der Waals surface area contributed by atoms with Crippen molar-refractivity contribution in [2.75, 3.05) is 0 Å². The molecule has 3 rings (SSSR count). The van der Waals surface area contributed by atoms with Crippen LogP contribution >= 0.6 is 0 Å². The molecule has 1 aliphatic rings. The third-order valence-corrected chi connectivity index (χ3v) is 5.34. The number of carbonyl (C=O) groups is 2. The maximum absolute atomic E-state index is 13.1. The van der Waals surface area contributed by atoms with E-state index in [0.29, 0.717) is 17.9 Å². The summed E-state index contributed by atoms with van der Waals surface area (Å²) < 4.78 is 0. The second-order valence-electron chi connectivity index (χ2n) is 6.96. The van der Waals surface area contributed by atoms with Crippen LogP contribution in [0.1, 0.15) is 69.7 Å². The fourth-order valence-corrected chi connectivity index (χ4v) is 3.45. The molecular formula is C21H22O5. The number of phenolic OH excluding ortho intramolecular Hbond substituents is 3. The summed E-state index contributed by atoms with van der Waals surface area (Å²) in [5.41, 5.74) is 0.471. The first kappa shape index (κ1) is 18.0. The van der Waals surface area contributed by atoms with Gasteiger partial charge in [-0.25, -0.2) is 0 Å². The zero-order valence-electron chi connectivity index (χ0n) is 15.1. The monoisotopic (exact) mass is 354 g/mol. The predicted octanol–water partition coefficient (Wildman–Crippen LogP) is 3.87. The average molecular weight is 354 g/mol. The fraction of sp³-hybridized carbons (Fsp3) is 0.333. The number of carbonyl (C=O) groups excluding carboxylic acids is 2. The molecule has 0 amide bonds. The third kappa shape index (κ3) is 2.55. The molecule has 26 heavy (non-hydrogen) atoms. The molecule has 1 unspecified atom stereocenters. The lowest BCUT2D eigenvalue weighted by Gasteiger charge is -2.24. The van der Waals surface area contributed by atoms with Crippen LogP contribution in [0.2, 0.25) is 0 Å². The number of hydrogen-bond acceptors (Lipinski definition) is 5. The zero-order chi connectivity index (χ0) is 19.2. The molecule has 0 saturated heterocycles. The Labute approximate surface area is 151 Å². The van der Waals surface area contributed by atoms with E-state index in [1.54, 1.807) is 0 Å². The average Bonchev–Trinajstić information content (AvgIpc) is 2.62. The summed E-state index contributed by atoms with van der Waals surface area (Å²) in [7, 11) is 0. The molecule has 5 heteroatoms. The summed E-state index contributed by atoms with van der Waals surface area (Å²) in [6.45, 7) is 5.66. The van der Waals surface area contributed by atoms with Crippen LogP contribution in [-0.4, -0.2) is 26.9 Å². The molecule has 0 radical (unpaired) electrons. The van der Waals surface area contributed by atoms with Crippen LogP contribution < -0.4 is 0 Å². The van der Waals surface area contributed by atoms with E-state index in [2.05, 4.69) is 13.8 Å². The first-order valence-corrected chi connectivity index (χ1v) is 8.78. The summed E-state index contributed by atoms with van der Waals surface area (Å²) in [5.74, 6) is -1.50. The Hall–Kier alpha value is -2.82. The maximum atomic E-state index is 13.1. The smallest absolute Gasteiger partial charge is 0.198 e. The van der Waals surface area contributed by atoms with Crippen LogP contribution in [0.5, 0.6) is 17.2 Å². The highest BCUT2D eigenvalue weighted by Gasteiger charge is 2.38. The Morgan fingerprint density at radius 2 is 1.65 bits per heavy atom. The molecule has 0 aromatic heterocycles. The summed E-state index contributed by atoms with van der Waals surface area (Å²) in [6.07, 6.45) is 2.10. The van der Waals surface area contributed by atoms with Gasteiger partial charge in [-0.05, 0) is 31.7 Å². The van der Waals surface area contributed by atoms with Gasteiger partial charge in [0.05, 0.1) is 11.1 Å². The molecule has 0 aliphatic heterocycles. The Kier molecular flexibility index (Phi) is 4.48. The van der Waals surface area contributed by atoms with Crippen molar-refractivity contribution < 1.29 is 24.9 Å². The van der Waals surface area contributed by atoms with Crippen molar-refractivity contribution >= 4 is 11.6 Å². The fourth-order valence-electron chi connectivity index (χ4n) is 3.45. The van der Waals surface area contributed by atoms with Gasteiger partial charge in [0.2, 0.25) is 0 Å². The van der Waals surface area contributed by atoms with Crippen molar-refractivity contribution in [3.63, 3.8) is 0 Å². The number of rotatable bonds is 4. The van der Waals surface area contributed by atoms with E-state index in [4.69, 9.17) is 0 Å². The van der Waals surface area contributed by atoms with Gasteiger partial charge >= 0.3 is 0 Å². The van der Waals surface area contributed by atoms with E-state index < -0.39 is 11.6 Å². The molecule has 0 bridgehead atoms. The van der Waals surface area contributed by atoms with Gasteiger partial charge in [0, 0.05) is 22.3 Å². The van der Waals surface area contributed by atoms with Crippen LogP contribution in [-0.2, 0) is 6.42 Å². The normalized spacial score (nSPS) is 14.1. The SMILES string of the molecule is CCC(C)CCc1c(O)c(C)c(O)c2c1C(=O)c1c(O)cccc1C2=O. The first-order chi connectivity index (χ1) is 12.3. The van der Waals surface area contributed by atoms with E-state index in [9.17, 15) is 24.9 Å². The Morgan fingerprint density at radius 1 is 0.962 bits per heavy atom. The lowest BCUT2D eigenvalue weighted by atomic mass is 9.78. The molecule has 1 aliphatic carbocycles. The highest BCUT2D eigenvalue weighted by Crippen LogP contribution is 2.44. The van der Waals surface area contributed by atoms with Crippen LogP contribution in [0.3, 0.4) is 0 Å². The van der Waals surface area contributed by atoms with E-state index in [1.807, 2.05) is 0 Å². The van der Waals surface area contributed by atoms with Gasteiger partial charge < -0.3 is 15.3 Å². The van der Waals surface area contributed by atoms with Crippen molar-refractivity contribution in [3.8, 4) is 17.2 Å². The molecule has 0 heterocycles. The lowest BCUT2D eigenvalue weighted by molar-refractivity contribution is 0.0973. The quantitative estimate of drug-likeness (QED) is 0.661. The second-order valence-corrected chi connectivity index (χ2v) is 6.96.